The second-order valence-corrected chi connectivity index (χ2v) is 8.17. The number of anilines is 3. The highest BCUT2D eigenvalue weighted by atomic mass is 35.5. The standard InChI is InChI=1S/C23H22ClN9O/c1-31(21-17-6-5-16(24)11-19(17)33(14-25)22(26)30-21)20-4-2-3-18(29-20)15-12-27-23(28-13-15)32-7-9-34-10-8-32/h2-6,11-14,25-26H,7-10H2,1H3. The van der Waals surface area contributed by atoms with Crippen molar-refractivity contribution in [1.82, 2.24) is 24.5 Å². The summed E-state index contributed by atoms with van der Waals surface area (Å²) in [6.07, 6.45) is 4.60. The number of fused-ring (bicyclic) bond motifs is 1. The lowest BCUT2D eigenvalue weighted by molar-refractivity contribution is 0.122. The zero-order chi connectivity index (χ0) is 23.7. The Morgan fingerprint density at radius 2 is 1.85 bits per heavy atom. The van der Waals surface area contributed by atoms with Gasteiger partial charge in [0.25, 0.3) is 0 Å². The first-order valence-electron chi connectivity index (χ1n) is 10.7. The molecule has 5 rings (SSSR count). The summed E-state index contributed by atoms with van der Waals surface area (Å²) in [5.74, 6) is 1.87. The third-order valence-corrected chi connectivity index (χ3v) is 5.89. The van der Waals surface area contributed by atoms with E-state index in [4.69, 9.17) is 32.1 Å². The van der Waals surface area contributed by atoms with Crippen LogP contribution in [0.15, 0.2) is 48.8 Å². The molecule has 0 radical (unpaired) electrons. The zero-order valence-electron chi connectivity index (χ0n) is 18.4. The molecule has 11 heteroatoms. The molecule has 1 aliphatic rings. The van der Waals surface area contributed by atoms with E-state index in [0.29, 0.717) is 41.3 Å². The van der Waals surface area contributed by atoms with Gasteiger partial charge in [-0.15, -0.1) is 0 Å². The number of nitrogens with one attached hydrogen (secondary N) is 2. The quantitative estimate of drug-likeness (QED) is 0.336. The van der Waals surface area contributed by atoms with Crippen LogP contribution in [0.1, 0.15) is 0 Å². The lowest BCUT2D eigenvalue weighted by Gasteiger charge is -2.26. The van der Waals surface area contributed by atoms with Gasteiger partial charge < -0.3 is 14.5 Å². The molecular weight excluding hydrogens is 454 g/mol. The average Bonchev–Trinajstić information content (AvgIpc) is 2.88. The zero-order valence-corrected chi connectivity index (χ0v) is 19.2. The van der Waals surface area contributed by atoms with E-state index in [2.05, 4.69) is 19.9 Å². The molecule has 10 nitrogen and oxygen atoms in total. The molecule has 0 bridgehead atoms. The number of aromatic nitrogens is 5. The Labute approximate surface area is 200 Å². The average molecular weight is 476 g/mol. The molecule has 1 fully saturated rings. The molecule has 4 heterocycles. The first-order chi connectivity index (χ1) is 16.5. The van der Waals surface area contributed by atoms with Crippen LogP contribution in [0, 0.1) is 10.8 Å². The Morgan fingerprint density at radius 3 is 2.59 bits per heavy atom. The van der Waals surface area contributed by atoms with Crippen LogP contribution in [0.2, 0.25) is 5.02 Å². The first kappa shape index (κ1) is 21.9. The molecule has 34 heavy (non-hydrogen) atoms. The molecule has 1 aromatic carbocycles. The van der Waals surface area contributed by atoms with Crippen LogP contribution in [-0.4, -0.2) is 64.2 Å². The van der Waals surface area contributed by atoms with E-state index in [1.807, 2.05) is 36.2 Å². The number of morpholine rings is 1. The predicted molar refractivity (Wildman–Crippen MR) is 131 cm³/mol. The third kappa shape index (κ3) is 4.09. The number of halogens is 1. The molecule has 0 saturated carbocycles. The summed E-state index contributed by atoms with van der Waals surface area (Å²) < 4.78 is 6.76. The van der Waals surface area contributed by atoms with E-state index >= 15 is 0 Å². The minimum atomic E-state index is -0.0742. The lowest BCUT2D eigenvalue weighted by atomic mass is 10.2. The predicted octanol–water partition coefficient (Wildman–Crippen LogP) is 3.08. The van der Waals surface area contributed by atoms with Crippen molar-refractivity contribution in [3.63, 3.8) is 0 Å². The highest BCUT2D eigenvalue weighted by molar-refractivity contribution is 6.31. The van der Waals surface area contributed by atoms with Crippen molar-refractivity contribution in [3.8, 4) is 11.3 Å². The fourth-order valence-corrected chi connectivity index (χ4v) is 4.03. The summed E-state index contributed by atoms with van der Waals surface area (Å²) in [7, 11) is 1.84. The topological polar surface area (TPSA) is 120 Å². The van der Waals surface area contributed by atoms with Crippen molar-refractivity contribution in [3.05, 3.63) is 59.4 Å². The SMILES string of the molecule is CN(c1cccc(-c2cnc(N3CCOCC3)nc2)n1)c1nc(=N)n(C=N)c2cc(Cl)ccc12. The smallest absolute Gasteiger partial charge is 0.229 e. The normalized spacial score (nSPS) is 13.8. The Morgan fingerprint density at radius 1 is 1.09 bits per heavy atom. The van der Waals surface area contributed by atoms with E-state index in [1.54, 1.807) is 24.5 Å². The molecule has 4 aromatic rings. The number of ether oxygens (including phenoxy) is 1. The van der Waals surface area contributed by atoms with Gasteiger partial charge in [0.2, 0.25) is 11.6 Å². The van der Waals surface area contributed by atoms with Gasteiger partial charge in [-0.1, -0.05) is 17.7 Å². The second-order valence-electron chi connectivity index (χ2n) is 7.73. The summed E-state index contributed by atoms with van der Waals surface area (Å²) in [5.41, 5.74) is 2.07. The van der Waals surface area contributed by atoms with Crippen LogP contribution in [-0.2, 0) is 4.74 Å². The van der Waals surface area contributed by atoms with Crippen molar-refractivity contribution in [2.75, 3.05) is 43.2 Å². The molecule has 172 valence electrons. The highest BCUT2D eigenvalue weighted by Crippen LogP contribution is 2.29. The maximum atomic E-state index is 8.28. The molecule has 3 aromatic heterocycles. The number of hydrogen-bond donors (Lipinski definition) is 2. The largest absolute Gasteiger partial charge is 0.378 e. The van der Waals surface area contributed by atoms with Gasteiger partial charge in [0, 0.05) is 48.5 Å². The van der Waals surface area contributed by atoms with E-state index in [0.717, 1.165) is 36.1 Å². The second kappa shape index (κ2) is 9.16. The molecule has 0 aliphatic carbocycles. The van der Waals surface area contributed by atoms with Crippen molar-refractivity contribution in [2.24, 2.45) is 0 Å². The fourth-order valence-electron chi connectivity index (χ4n) is 3.87. The van der Waals surface area contributed by atoms with E-state index in [9.17, 15) is 0 Å². The summed E-state index contributed by atoms with van der Waals surface area (Å²) in [6, 6.07) is 11.0. The van der Waals surface area contributed by atoms with Crippen molar-refractivity contribution in [2.45, 2.75) is 0 Å². The van der Waals surface area contributed by atoms with Crippen molar-refractivity contribution >= 4 is 46.4 Å². The summed E-state index contributed by atoms with van der Waals surface area (Å²) >= 11 is 6.18. The van der Waals surface area contributed by atoms with Gasteiger partial charge >= 0.3 is 0 Å². The molecule has 0 amide bonds. The van der Waals surface area contributed by atoms with Gasteiger partial charge in [0.05, 0.1) is 30.8 Å². The van der Waals surface area contributed by atoms with Gasteiger partial charge in [0.1, 0.15) is 11.6 Å². The van der Waals surface area contributed by atoms with Crippen molar-refractivity contribution in [1.29, 1.82) is 10.8 Å². The number of rotatable bonds is 5. The molecule has 1 aliphatic heterocycles. The minimum absolute atomic E-state index is 0.0742. The summed E-state index contributed by atoms with van der Waals surface area (Å²) in [6.45, 7) is 2.90. The number of nitrogens with zero attached hydrogens (tertiary/aromatic N) is 7. The van der Waals surface area contributed by atoms with Crippen molar-refractivity contribution < 1.29 is 4.74 Å². The maximum absolute atomic E-state index is 8.28. The van der Waals surface area contributed by atoms with Crippen LogP contribution < -0.4 is 15.4 Å². The molecule has 1 saturated heterocycles. The summed E-state index contributed by atoms with van der Waals surface area (Å²) in [4.78, 5) is 22.2. The van der Waals surface area contributed by atoms with Gasteiger partial charge in [-0.3, -0.25) is 15.4 Å². The third-order valence-electron chi connectivity index (χ3n) is 5.65. The van der Waals surface area contributed by atoms with Crippen LogP contribution in [0.5, 0.6) is 0 Å². The Balaban J connectivity index is 1.50. The van der Waals surface area contributed by atoms with E-state index in [1.165, 1.54) is 4.57 Å². The molecule has 2 N–H and O–H groups in total. The van der Waals surface area contributed by atoms with Crippen LogP contribution >= 0.6 is 11.6 Å². The minimum Gasteiger partial charge on any atom is -0.378 e. The fraction of sp³-hybridized carbons (Fsp3) is 0.217. The van der Waals surface area contributed by atoms with Gasteiger partial charge in [0.15, 0.2) is 0 Å². The monoisotopic (exact) mass is 475 g/mol. The molecular formula is C23H22ClN9O. The Hall–Kier alpha value is -3.89. The molecule has 0 spiro atoms. The van der Waals surface area contributed by atoms with Crippen LogP contribution in [0.3, 0.4) is 0 Å². The van der Waals surface area contributed by atoms with E-state index in [-0.39, 0.29) is 5.62 Å². The lowest BCUT2D eigenvalue weighted by Crippen LogP contribution is -2.37. The Bertz CT molecular complexity index is 1410. The van der Waals surface area contributed by atoms with Crippen LogP contribution in [0.25, 0.3) is 22.2 Å². The highest BCUT2D eigenvalue weighted by Gasteiger charge is 2.17. The summed E-state index contributed by atoms with van der Waals surface area (Å²) in [5, 5.41) is 17.2. The Kier molecular flexibility index (Phi) is 5.91. The first-order valence-corrected chi connectivity index (χ1v) is 11.1. The van der Waals surface area contributed by atoms with Gasteiger partial charge in [-0.25, -0.2) is 15.0 Å². The number of hydrogen-bond acceptors (Lipinski definition) is 9. The number of benzene rings is 1. The van der Waals surface area contributed by atoms with E-state index < -0.39 is 0 Å². The van der Waals surface area contributed by atoms with Gasteiger partial charge in [-0.05, 0) is 30.3 Å². The van der Waals surface area contributed by atoms with Crippen LogP contribution in [0.4, 0.5) is 17.6 Å². The van der Waals surface area contributed by atoms with Gasteiger partial charge in [-0.2, -0.15) is 4.98 Å². The maximum Gasteiger partial charge on any atom is 0.229 e. The molecule has 0 unspecified atom stereocenters. The molecule has 0 atom stereocenters. The number of pyridine rings is 1.